The van der Waals surface area contributed by atoms with Crippen LogP contribution in [-0.2, 0) is 11.3 Å². The van der Waals surface area contributed by atoms with Crippen molar-refractivity contribution in [2.45, 2.75) is 13.5 Å². The van der Waals surface area contributed by atoms with Crippen molar-refractivity contribution in [2.75, 3.05) is 0 Å². The average Bonchev–Trinajstić information content (AvgIpc) is 2.94. The molecule has 0 spiro atoms. The molecule has 1 aromatic carbocycles. The van der Waals surface area contributed by atoms with E-state index in [1.807, 2.05) is 31.2 Å². The normalized spacial score (nSPS) is 11.0. The van der Waals surface area contributed by atoms with Crippen molar-refractivity contribution in [3.8, 4) is 10.7 Å². The molecule has 0 saturated heterocycles. The number of carboxylic acid groups (broad SMARTS) is 1. The lowest BCUT2D eigenvalue weighted by Gasteiger charge is -2.03. The minimum Gasteiger partial charge on any atom is -0.480 e. The van der Waals surface area contributed by atoms with Gasteiger partial charge in [0.1, 0.15) is 6.54 Å². The van der Waals surface area contributed by atoms with Crippen LogP contribution in [0.2, 0.25) is 0 Å². The molecule has 5 nitrogen and oxygen atoms in total. The largest absolute Gasteiger partial charge is 0.480 e. The Bertz CT molecular complexity index is 760. The minimum atomic E-state index is -0.884. The maximum atomic E-state index is 11.0. The van der Waals surface area contributed by atoms with Gasteiger partial charge in [-0.25, -0.2) is 9.97 Å². The van der Waals surface area contributed by atoms with Gasteiger partial charge < -0.3 is 9.67 Å². The number of hydrogen-bond acceptors (Lipinski definition) is 4. The molecule has 0 fully saturated rings. The molecule has 0 saturated carbocycles. The molecule has 0 aliphatic rings. The average molecular weight is 273 g/mol. The first-order valence-corrected chi connectivity index (χ1v) is 6.56. The predicted molar refractivity (Wildman–Crippen MR) is 73.2 cm³/mol. The van der Waals surface area contributed by atoms with Gasteiger partial charge in [0.15, 0.2) is 5.82 Å². The first-order chi connectivity index (χ1) is 9.15. The van der Waals surface area contributed by atoms with Gasteiger partial charge in [0.05, 0.1) is 20.9 Å². The predicted octanol–water partition coefficient (Wildman–Crippen LogP) is 2.55. The van der Waals surface area contributed by atoms with Gasteiger partial charge >= 0.3 is 5.97 Å². The van der Waals surface area contributed by atoms with Crippen LogP contribution >= 0.6 is 11.3 Å². The summed E-state index contributed by atoms with van der Waals surface area (Å²) in [5.41, 5.74) is 1.62. The fourth-order valence-electron chi connectivity index (χ4n) is 2.02. The lowest BCUT2D eigenvalue weighted by molar-refractivity contribution is -0.137. The number of aryl methyl sites for hydroxylation is 1. The van der Waals surface area contributed by atoms with Gasteiger partial charge in [-0.1, -0.05) is 12.1 Å². The van der Waals surface area contributed by atoms with E-state index in [1.54, 1.807) is 10.8 Å². The quantitative estimate of drug-likeness (QED) is 0.796. The topological polar surface area (TPSA) is 68.0 Å². The van der Waals surface area contributed by atoms with Crippen LogP contribution in [0.5, 0.6) is 0 Å². The van der Waals surface area contributed by atoms with Crippen LogP contribution in [0.25, 0.3) is 21.7 Å². The van der Waals surface area contributed by atoms with Gasteiger partial charge in [0, 0.05) is 6.20 Å². The first kappa shape index (κ1) is 11.9. The summed E-state index contributed by atoms with van der Waals surface area (Å²) in [6.07, 6.45) is 1.74. The highest BCUT2D eigenvalue weighted by Crippen LogP contribution is 2.28. The van der Waals surface area contributed by atoms with Crippen LogP contribution in [0.4, 0.5) is 0 Å². The molecule has 0 unspecified atom stereocenters. The van der Waals surface area contributed by atoms with Crippen molar-refractivity contribution in [3.05, 3.63) is 35.5 Å². The molecule has 0 aliphatic heterocycles. The molecule has 0 aliphatic carbocycles. The number of benzene rings is 1. The van der Waals surface area contributed by atoms with E-state index < -0.39 is 5.97 Å². The fraction of sp³-hybridized carbons (Fsp3) is 0.154. The molecular weight excluding hydrogens is 262 g/mol. The Balaban J connectivity index is 2.25. The maximum absolute atomic E-state index is 11.0. The highest BCUT2D eigenvalue weighted by Gasteiger charge is 2.16. The van der Waals surface area contributed by atoms with E-state index in [4.69, 9.17) is 5.11 Å². The van der Waals surface area contributed by atoms with E-state index >= 15 is 0 Å². The van der Waals surface area contributed by atoms with Crippen LogP contribution in [0.15, 0.2) is 30.5 Å². The number of thiazole rings is 1. The van der Waals surface area contributed by atoms with E-state index in [-0.39, 0.29) is 6.54 Å². The molecule has 2 aromatic heterocycles. The molecule has 0 amide bonds. The van der Waals surface area contributed by atoms with Gasteiger partial charge in [-0.3, -0.25) is 4.79 Å². The number of imidazole rings is 1. The third-order valence-corrected chi connectivity index (χ3v) is 3.70. The SMILES string of the molecule is Cc1ncc(-c2nc3ccccc3n2CC(=O)O)s1. The zero-order chi connectivity index (χ0) is 13.4. The Morgan fingerprint density at radius 3 is 2.89 bits per heavy atom. The van der Waals surface area contributed by atoms with Crippen molar-refractivity contribution in [3.63, 3.8) is 0 Å². The molecular formula is C13H11N3O2S. The zero-order valence-corrected chi connectivity index (χ0v) is 11.0. The molecule has 0 radical (unpaired) electrons. The number of aromatic nitrogens is 3. The molecule has 1 N–H and O–H groups in total. The molecule has 0 bridgehead atoms. The molecule has 2 heterocycles. The van der Waals surface area contributed by atoms with Gasteiger partial charge in [0.2, 0.25) is 0 Å². The van der Waals surface area contributed by atoms with Gasteiger partial charge in [-0.15, -0.1) is 11.3 Å². The summed E-state index contributed by atoms with van der Waals surface area (Å²) in [5, 5.41) is 9.99. The summed E-state index contributed by atoms with van der Waals surface area (Å²) < 4.78 is 1.71. The second-order valence-electron chi connectivity index (χ2n) is 4.15. The number of para-hydroxylation sites is 2. The Labute approximate surface area is 113 Å². The third kappa shape index (κ3) is 2.10. The molecule has 96 valence electrons. The van der Waals surface area contributed by atoms with E-state index in [9.17, 15) is 4.79 Å². The summed E-state index contributed by atoms with van der Waals surface area (Å²) in [6, 6.07) is 7.53. The molecule has 19 heavy (non-hydrogen) atoms. The summed E-state index contributed by atoms with van der Waals surface area (Å²) >= 11 is 1.51. The first-order valence-electron chi connectivity index (χ1n) is 5.75. The van der Waals surface area contributed by atoms with Crippen molar-refractivity contribution < 1.29 is 9.90 Å². The van der Waals surface area contributed by atoms with Crippen LogP contribution in [0.3, 0.4) is 0 Å². The van der Waals surface area contributed by atoms with Crippen LogP contribution in [0.1, 0.15) is 5.01 Å². The number of hydrogen-bond donors (Lipinski definition) is 1. The summed E-state index contributed by atoms with van der Waals surface area (Å²) in [4.78, 5) is 20.6. The highest BCUT2D eigenvalue weighted by atomic mass is 32.1. The number of nitrogens with zero attached hydrogens (tertiary/aromatic N) is 3. The number of rotatable bonds is 3. The van der Waals surface area contributed by atoms with Crippen molar-refractivity contribution in [1.82, 2.24) is 14.5 Å². The Morgan fingerprint density at radius 2 is 2.21 bits per heavy atom. The maximum Gasteiger partial charge on any atom is 0.323 e. The third-order valence-electron chi connectivity index (χ3n) is 2.79. The summed E-state index contributed by atoms with van der Waals surface area (Å²) in [6.45, 7) is 1.81. The Morgan fingerprint density at radius 1 is 1.42 bits per heavy atom. The Hall–Kier alpha value is -2.21. The van der Waals surface area contributed by atoms with Gasteiger partial charge in [-0.2, -0.15) is 0 Å². The number of carbonyl (C=O) groups is 1. The van der Waals surface area contributed by atoms with E-state index in [0.29, 0.717) is 5.82 Å². The van der Waals surface area contributed by atoms with E-state index in [1.165, 1.54) is 11.3 Å². The highest BCUT2D eigenvalue weighted by molar-refractivity contribution is 7.15. The summed E-state index contributed by atoms with van der Waals surface area (Å²) in [7, 11) is 0. The Kier molecular flexibility index (Phi) is 2.79. The number of fused-ring (bicyclic) bond motifs is 1. The molecule has 3 aromatic rings. The smallest absolute Gasteiger partial charge is 0.323 e. The van der Waals surface area contributed by atoms with Crippen molar-refractivity contribution in [1.29, 1.82) is 0 Å². The van der Waals surface area contributed by atoms with Crippen LogP contribution in [0, 0.1) is 6.92 Å². The van der Waals surface area contributed by atoms with Gasteiger partial charge in [-0.05, 0) is 19.1 Å². The second-order valence-corrected chi connectivity index (χ2v) is 5.38. The number of aliphatic carboxylic acids is 1. The second kappa shape index (κ2) is 4.47. The summed E-state index contributed by atoms with van der Waals surface area (Å²) in [5.74, 6) is -0.222. The molecule has 6 heteroatoms. The van der Waals surface area contributed by atoms with E-state index in [2.05, 4.69) is 9.97 Å². The minimum absolute atomic E-state index is 0.104. The number of carboxylic acids is 1. The lowest BCUT2D eigenvalue weighted by Crippen LogP contribution is -2.09. The monoisotopic (exact) mass is 273 g/mol. The van der Waals surface area contributed by atoms with E-state index in [0.717, 1.165) is 20.9 Å². The fourth-order valence-corrected chi connectivity index (χ4v) is 2.80. The van der Waals surface area contributed by atoms with Crippen LogP contribution in [-0.4, -0.2) is 25.6 Å². The van der Waals surface area contributed by atoms with Crippen molar-refractivity contribution in [2.24, 2.45) is 0 Å². The van der Waals surface area contributed by atoms with Gasteiger partial charge in [0.25, 0.3) is 0 Å². The standard InChI is InChI=1S/C13H11N3O2S/c1-8-14-6-11(19-8)13-15-9-4-2-3-5-10(9)16(13)7-12(17)18/h2-6H,7H2,1H3,(H,17,18). The lowest BCUT2D eigenvalue weighted by atomic mass is 10.3. The van der Waals surface area contributed by atoms with Crippen molar-refractivity contribution >= 4 is 28.3 Å². The zero-order valence-electron chi connectivity index (χ0n) is 10.2. The molecule has 0 atom stereocenters. The van der Waals surface area contributed by atoms with Crippen LogP contribution < -0.4 is 0 Å². The molecule has 3 rings (SSSR count).